The van der Waals surface area contributed by atoms with Crippen molar-refractivity contribution in [3.63, 3.8) is 0 Å². The van der Waals surface area contributed by atoms with Crippen molar-refractivity contribution in [3.05, 3.63) is 35.9 Å². The molecule has 2 aromatic rings. The molecule has 3 nitrogen and oxygen atoms in total. The van der Waals surface area contributed by atoms with Crippen LogP contribution in [0.1, 0.15) is 31.7 Å². The summed E-state index contributed by atoms with van der Waals surface area (Å²) in [7, 11) is 0. The van der Waals surface area contributed by atoms with Gasteiger partial charge in [0.05, 0.1) is 11.1 Å². The van der Waals surface area contributed by atoms with Crippen molar-refractivity contribution in [1.29, 1.82) is 5.26 Å². The van der Waals surface area contributed by atoms with Crippen LogP contribution in [0, 0.1) is 11.3 Å². The van der Waals surface area contributed by atoms with Crippen molar-refractivity contribution in [2.75, 3.05) is 11.1 Å². The summed E-state index contributed by atoms with van der Waals surface area (Å²) in [5.74, 6) is 1.88. The van der Waals surface area contributed by atoms with Crippen LogP contribution in [-0.4, -0.2) is 22.0 Å². The molecule has 0 bridgehead atoms. The summed E-state index contributed by atoms with van der Waals surface area (Å²) < 4.78 is 0. The Hall–Kier alpha value is -1.73. The molecule has 21 heavy (non-hydrogen) atoms. The molecular weight excluding hydrogens is 278 g/mol. The van der Waals surface area contributed by atoms with E-state index in [0.717, 1.165) is 28.9 Å². The standard InChI is InChI=1S/C17H19N3S/c1-2-21-16-9-5-8-15(16)20-17-13(11-18)10-12-6-3-4-7-14(12)19-17/h3-4,6-7,10,15-16H,2,5,8-9H2,1H3,(H,19,20). The Morgan fingerprint density at radius 3 is 3.05 bits per heavy atom. The Morgan fingerprint density at radius 1 is 1.38 bits per heavy atom. The third kappa shape index (κ3) is 2.98. The molecule has 108 valence electrons. The molecule has 0 spiro atoms. The number of fused-ring (bicyclic) bond motifs is 1. The third-order valence-electron chi connectivity index (χ3n) is 4.00. The summed E-state index contributed by atoms with van der Waals surface area (Å²) in [4.78, 5) is 4.66. The van der Waals surface area contributed by atoms with Crippen molar-refractivity contribution in [2.24, 2.45) is 0 Å². The van der Waals surface area contributed by atoms with Gasteiger partial charge in [-0.3, -0.25) is 0 Å². The molecule has 1 aromatic carbocycles. The van der Waals surface area contributed by atoms with Crippen LogP contribution >= 0.6 is 11.8 Å². The van der Waals surface area contributed by atoms with E-state index in [1.54, 1.807) is 0 Å². The summed E-state index contributed by atoms with van der Waals surface area (Å²) >= 11 is 2.01. The molecule has 2 unspecified atom stereocenters. The van der Waals surface area contributed by atoms with Gasteiger partial charge in [-0.15, -0.1) is 0 Å². The smallest absolute Gasteiger partial charge is 0.144 e. The first-order valence-corrected chi connectivity index (χ1v) is 8.54. The Morgan fingerprint density at radius 2 is 2.24 bits per heavy atom. The zero-order valence-electron chi connectivity index (χ0n) is 12.2. The molecule has 0 amide bonds. The number of anilines is 1. The molecule has 1 saturated carbocycles. The second kappa shape index (κ2) is 6.36. The molecule has 1 aromatic heterocycles. The van der Waals surface area contributed by atoms with Crippen LogP contribution in [0.25, 0.3) is 10.9 Å². The van der Waals surface area contributed by atoms with Gasteiger partial charge in [-0.05, 0) is 30.7 Å². The molecule has 0 aliphatic heterocycles. The number of nitriles is 1. The molecule has 2 atom stereocenters. The average molecular weight is 297 g/mol. The van der Waals surface area contributed by atoms with Gasteiger partial charge in [0.2, 0.25) is 0 Å². The minimum Gasteiger partial charge on any atom is -0.365 e. The SMILES string of the molecule is CCSC1CCCC1Nc1nc2ccccc2cc1C#N. The predicted molar refractivity (Wildman–Crippen MR) is 89.6 cm³/mol. The molecule has 4 heteroatoms. The maximum Gasteiger partial charge on any atom is 0.144 e. The van der Waals surface area contributed by atoms with Gasteiger partial charge < -0.3 is 5.32 Å². The molecule has 3 rings (SSSR count). The fourth-order valence-electron chi connectivity index (χ4n) is 2.99. The monoisotopic (exact) mass is 297 g/mol. The Kier molecular flexibility index (Phi) is 4.31. The summed E-state index contributed by atoms with van der Waals surface area (Å²) in [6.45, 7) is 2.20. The largest absolute Gasteiger partial charge is 0.365 e. The van der Waals surface area contributed by atoms with E-state index in [0.29, 0.717) is 16.9 Å². The molecule has 1 N–H and O–H groups in total. The summed E-state index contributed by atoms with van der Waals surface area (Å²) in [5, 5.41) is 14.6. The Bertz CT molecular complexity index is 677. The van der Waals surface area contributed by atoms with Gasteiger partial charge in [0.25, 0.3) is 0 Å². The number of pyridine rings is 1. The number of hydrogen-bond donors (Lipinski definition) is 1. The zero-order chi connectivity index (χ0) is 14.7. The van der Waals surface area contributed by atoms with E-state index < -0.39 is 0 Å². The normalized spacial score (nSPS) is 21.3. The van der Waals surface area contributed by atoms with Crippen LogP contribution < -0.4 is 5.32 Å². The number of nitrogens with one attached hydrogen (secondary N) is 1. The van der Waals surface area contributed by atoms with E-state index in [2.05, 4.69) is 23.3 Å². The van der Waals surface area contributed by atoms with E-state index in [9.17, 15) is 5.26 Å². The van der Waals surface area contributed by atoms with E-state index in [1.807, 2.05) is 42.1 Å². The first kappa shape index (κ1) is 14.2. The number of aromatic nitrogens is 1. The second-order valence-corrected chi connectivity index (χ2v) is 6.88. The lowest BCUT2D eigenvalue weighted by molar-refractivity contribution is 0.763. The molecule has 1 fully saturated rings. The molecule has 1 aliphatic rings. The fourth-order valence-corrected chi connectivity index (χ4v) is 4.19. The van der Waals surface area contributed by atoms with E-state index in [1.165, 1.54) is 12.8 Å². The Labute approximate surface area is 129 Å². The van der Waals surface area contributed by atoms with Gasteiger partial charge in [0, 0.05) is 16.7 Å². The lowest BCUT2D eigenvalue weighted by Crippen LogP contribution is -2.27. The van der Waals surface area contributed by atoms with Gasteiger partial charge in [-0.2, -0.15) is 17.0 Å². The summed E-state index contributed by atoms with van der Waals surface area (Å²) in [6.07, 6.45) is 3.67. The van der Waals surface area contributed by atoms with E-state index >= 15 is 0 Å². The number of para-hydroxylation sites is 1. The third-order valence-corrected chi connectivity index (χ3v) is 5.33. The van der Waals surface area contributed by atoms with Crippen LogP contribution in [0.3, 0.4) is 0 Å². The average Bonchev–Trinajstić information content (AvgIpc) is 2.94. The minimum atomic E-state index is 0.427. The highest BCUT2D eigenvalue weighted by Crippen LogP contribution is 2.32. The molecule has 0 radical (unpaired) electrons. The minimum absolute atomic E-state index is 0.427. The van der Waals surface area contributed by atoms with Crippen molar-refractivity contribution < 1.29 is 0 Å². The quantitative estimate of drug-likeness (QED) is 0.919. The molecule has 1 aliphatic carbocycles. The summed E-state index contributed by atoms with van der Waals surface area (Å²) in [6, 6.07) is 12.6. The van der Waals surface area contributed by atoms with E-state index in [4.69, 9.17) is 0 Å². The van der Waals surface area contributed by atoms with Gasteiger partial charge in [-0.1, -0.05) is 31.5 Å². The topological polar surface area (TPSA) is 48.7 Å². The molecule has 0 saturated heterocycles. The number of thioether (sulfide) groups is 1. The van der Waals surface area contributed by atoms with Crippen LogP contribution in [0.2, 0.25) is 0 Å². The highest BCUT2D eigenvalue weighted by Gasteiger charge is 2.28. The maximum atomic E-state index is 9.39. The zero-order valence-corrected chi connectivity index (χ0v) is 13.0. The van der Waals surface area contributed by atoms with Gasteiger partial charge in [0.15, 0.2) is 0 Å². The highest BCUT2D eigenvalue weighted by molar-refractivity contribution is 7.99. The van der Waals surface area contributed by atoms with Gasteiger partial charge >= 0.3 is 0 Å². The maximum absolute atomic E-state index is 9.39. The lowest BCUT2D eigenvalue weighted by Gasteiger charge is -2.21. The number of benzene rings is 1. The predicted octanol–water partition coefficient (Wildman–Crippen LogP) is 4.19. The fraction of sp³-hybridized carbons (Fsp3) is 0.412. The summed E-state index contributed by atoms with van der Waals surface area (Å²) in [5.41, 5.74) is 1.58. The van der Waals surface area contributed by atoms with Gasteiger partial charge in [-0.25, -0.2) is 4.98 Å². The van der Waals surface area contributed by atoms with Crippen molar-refractivity contribution in [2.45, 2.75) is 37.5 Å². The second-order valence-electron chi connectivity index (χ2n) is 5.36. The van der Waals surface area contributed by atoms with Crippen LogP contribution in [0.15, 0.2) is 30.3 Å². The van der Waals surface area contributed by atoms with E-state index in [-0.39, 0.29) is 0 Å². The molecular formula is C17H19N3S. The van der Waals surface area contributed by atoms with Crippen LogP contribution in [0.4, 0.5) is 5.82 Å². The first-order chi connectivity index (χ1) is 10.3. The number of hydrogen-bond acceptors (Lipinski definition) is 4. The number of rotatable bonds is 4. The number of nitrogens with zero attached hydrogens (tertiary/aromatic N) is 2. The molecule has 1 heterocycles. The highest BCUT2D eigenvalue weighted by atomic mass is 32.2. The van der Waals surface area contributed by atoms with Crippen molar-refractivity contribution in [1.82, 2.24) is 4.98 Å². The van der Waals surface area contributed by atoms with Crippen LogP contribution in [0.5, 0.6) is 0 Å². The lowest BCUT2D eigenvalue weighted by atomic mass is 10.1. The Balaban J connectivity index is 1.90. The first-order valence-electron chi connectivity index (χ1n) is 7.50. The van der Waals surface area contributed by atoms with Crippen LogP contribution in [-0.2, 0) is 0 Å². The van der Waals surface area contributed by atoms with Crippen molar-refractivity contribution >= 4 is 28.5 Å². The van der Waals surface area contributed by atoms with Crippen molar-refractivity contribution in [3.8, 4) is 6.07 Å². The van der Waals surface area contributed by atoms with Gasteiger partial charge in [0.1, 0.15) is 11.9 Å².